The fourth-order valence-corrected chi connectivity index (χ4v) is 3.97. The highest BCUT2D eigenvalue weighted by Gasteiger charge is 2.36. The van der Waals surface area contributed by atoms with Gasteiger partial charge in [-0.2, -0.15) is 0 Å². The van der Waals surface area contributed by atoms with Crippen LogP contribution in [0.25, 0.3) is 0 Å². The van der Waals surface area contributed by atoms with Crippen LogP contribution in [0.1, 0.15) is 18.4 Å². The Morgan fingerprint density at radius 2 is 1.95 bits per heavy atom. The zero-order valence-electron chi connectivity index (χ0n) is 10.8. The molecule has 0 aromatic heterocycles. The van der Waals surface area contributed by atoms with Gasteiger partial charge in [0.25, 0.3) is 0 Å². The molecule has 19 heavy (non-hydrogen) atoms. The largest absolute Gasteiger partial charge is 0.394 e. The van der Waals surface area contributed by atoms with Crippen LogP contribution < -0.4 is 5.32 Å². The fourth-order valence-electron chi connectivity index (χ4n) is 2.37. The molecule has 2 N–H and O–H groups in total. The number of aliphatic hydroxyl groups is 1. The average Bonchev–Trinajstić information content (AvgIpc) is 2.31. The lowest BCUT2D eigenvalue weighted by Crippen LogP contribution is -2.48. The van der Waals surface area contributed by atoms with Crippen LogP contribution in [0, 0.1) is 12.7 Å². The topological polar surface area (TPSA) is 66.4 Å². The van der Waals surface area contributed by atoms with Crippen LogP contribution >= 0.6 is 0 Å². The van der Waals surface area contributed by atoms with Crippen LogP contribution in [0.4, 0.5) is 10.1 Å². The van der Waals surface area contributed by atoms with Gasteiger partial charge in [0.2, 0.25) is 0 Å². The molecule has 4 nitrogen and oxygen atoms in total. The first-order valence-corrected chi connectivity index (χ1v) is 8.03. The first-order valence-electron chi connectivity index (χ1n) is 6.21. The van der Waals surface area contributed by atoms with Gasteiger partial charge in [0.1, 0.15) is 5.82 Å². The number of sulfone groups is 1. The first kappa shape index (κ1) is 14.3. The molecule has 0 spiro atoms. The van der Waals surface area contributed by atoms with Gasteiger partial charge in [-0.15, -0.1) is 0 Å². The molecule has 1 aromatic carbocycles. The zero-order chi connectivity index (χ0) is 14.1. The lowest BCUT2D eigenvalue weighted by molar-refractivity contribution is 0.200. The summed E-state index contributed by atoms with van der Waals surface area (Å²) in [5.41, 5.74) is 0.677. The van der Waals surface area contributed by atoms with Gasteiger partial charge in [-0.1, -0.05) is 0 Å². The van der Waals surface area contributed by atoms with Crippen LogP contribution in [0.2, 0.25) is 0 Å². The van der Waals surface area contributed by atoms with E-state index in [4.69, 9.17) is 0 Å². The van der Waals surface area contributed by atoms with Gasteiger partial charge in [-0.05, 0) is 43.5 Å². The van der Waals surface area contributed by atoms with Crippen molar-refractivity contribution < 1.29 is 17.9 Å². The number of rotatable bonds is 3. The van der Waals surface area contributed by atoms with Gasteiger partial charge in [0, 0.05) is 5.69 Å². The normalized spacial score (nSPS) is 21.0. The Bertz CT molecular complexity index is 537. The summed E-state index contributed by atoms with van der Waals surface area (Å²) >= 11 is 0. The monoisotopic (exact) mass is 287 g/mol. The number of aliphatic hydroxyl groups excluding tert-OH is 1. The van der Waals surface area contributed by atoms with Crippen molar-refractivity contribution in [1.29, 1.82) is 0 Å². The quantitative estimate of drug-likeness (QED) is 0.884. The van der Waals surface area contributed by atoms with E-state index >= 15 is 0 Å². The molecule has 1 fully saturated rings. The predicted molar refractivity (Wildman–Crippen MR) is 72.5 cm³/mol. The van der Waals surface area contributed by atoms with E-state index in [1.54, 1.807) is 13.0 Å². The van der Waals surface area contributed by atoms with Crippen LogP contribution in [0.15, 0.2) is 18.2 Å². The minimum atomic E-state index is -3.00. The van der Waals surface area contributed by atoms with Crippen LogP contribution in [-0.2, 0) is 9.84 Å². The molecule has 0 unspecified atom stereocenters. The summed E-state index contributed by atoms with van der Waals surface area (Å²) in [7, 11) is -3.00. The van der Waals surface area contributed by atoms with Crippen LogP contribution in [0.3, 0.4) is 0 Å². The Kier molecular flexibility index (Phi) is 3.82. The number of hydrogen-bond acceptors (Lipinski definition) is 4. The second-order valence-electron chi connectivity index (χ2n) is 5.23. The fraction of sp³-hybridized carbons (Fsp3) is 0.538. The van der Waals surface area contributed by atoms with E-state index in [0.29, 0.717) is 18.5 Å². The van der Waals surface area contributed by atoms with Crippen molar-refractivity contribution >= 4 is 15.5 Å². The standard InChI is InChI=1S/C13H18FNO3S/c1-10-6-11(14)8-12(7-10)15-13(9-16)2-4-19(17,18)5-3-13/h6-8,15-16H,2-5,9H2,1H3. The van der Waals surface area contributed by atoms with Gasteiger partial charge in [-0.3, -0.25) is 0 Å². The Morgan fingerprint density at radius 3 is 2.47 bits per heavy atom. The zero-order valence-corrected chi connectivity index (χ0v) is 11.6. The summed E-state index contributed by atoms with van der Waals surface area (Å²) in [5.74, 6) is -0.247. The summed E-state index contributed by atoms with van der Waals surface area (Å²) < 4.78 is 36.2. The molecule has 0 atom stereocenters. The summed E-state index contributed by atoms with van der Waals surface area (Å²) in [4.78, 5) is 0. The summed E-state index contributed by atoms with van der Waals surface area (Å²) in [6, 6.07) is 4.55. The number of halogens is 1. The molecule has 1 aromatic rings. The molecule has 0 amide bonds. The highest BCUT2D eigenvalue weighted by Crippen LogP contribution is 2.28. The van der Waals surface area contributed by atoms with E-state index in [-0.39, 0.29) is 23.9 Å². The summed E-state index contributed by atoms with van der Waals surface area (Å²) in [6.45, 7) is 1.61. The molecular weight excluding hydrogens is 269 g/mol. The van der Waals surface area contributed by atoms with Crippen molar-refractivity contribution in [3.8, 4) is 0 Å². The number of anilines is 1. The highest BCUT2D eigenvalue weighted by molar-refractivity contribution is 7.91. The minimum absolute atomic E-state index is 0.0505. The molecule has 6 heteroatoms. The van der Waals surface area contributed by atoms with Gasteiger partial charge in [-0.25, -0.2) is 12.8 Å². The first-order chi connectivity index (χ1) is 8.84. The molecule has 1 saturated heterocycles. The van der Waals surface area contributed by atoms with E-state index in [0.717, 1.165) is 5.56 Å². The molecule has 0 saturated carbocycles. The Balaban J connectivity index is 2.19. The Labute approximate surface area is 112 Å². The number of hydrogen-bond donors (Lipinski definition) is 2. The Hall–Kier alpha value is -1.14. The second kappa shape index (κ2) is 5.09. The van der Waals surface area contributed by atoms with E-state index < -0.39 is 15.4 Å². The van der Waals surface area contributed by atoms with Crippen molar-refractivity contribution in [2.75, 3.05) is 23.4 Å². The van der Waals surface area contributed by atoms with Crippen LogP contribution in [0.5, 0.6) is 0 Å². The molecule has 1 aliphatic heterocycles. The SMILES string of the molecule is Cc1cc(F)cc(NC2(CO)CCS(=O)(=O)CC2)c1. The van der Waals surface area contributed by atoms with Crippen molar-refractivity contribution in [2.24, 2.45) is 0 Å². The minimum Gasteiger partial charge on any atom is -0.394 e. The molecule has 2 rings (SSSR count). The molecule has 1 aliphatic rings. The van der Waals surface area contributed by atoms with Crippen molar-refractivity contribution in [3.05, 3.63) is 29.6 Å². The van der Waals surface area contributed by atoms with Crippen molar-refractivity contribution in [2.45, 2.75) is 25.3 Å². The lowest BCUT2D eigenvalue weighted by atomic mass is 9.92. The molecule has 0 aliphatic carbocycles. The maximum absolute atomic E-state index is 13.3. The van der Waals surface area contributed by atoms with E-state index in [1.165, 1.54) is 12.1 Å². The molecule has 1 heterocycles. The van der Waals surface area contributed by atoms with Crippen LogP contribution in [-0.4, -0.2) is 37.2 Å². The third kappa shape index (κ3) is 3.45. The van der Waals surface area contributed by atoms with E-state index in [1.807, 2.05) is 0 Å². The van der Waals surface area contributed by atoms with E-state index in [2.05, 4.69) is 5.32 Å². The van der Waals surface area contributed by atoms with Gasteiger partial charge in [0.05, 0.1) is 23.7 Å². The van der Waals surface area contributed by atoms with Gasteiger partial charge >= 0.3 is 0 Å². The maximum Gasteiger partial charge on any atom is 0.150 e. The third-order valence-corrected chi connectivity index (χ3v) is 5.19. The maximum atomic E-state index is 13.3. The second-order valence-corrected chi connectivity index (χ2v) is 7.54. The molecule has 0 radical (unpaired) electrons. The van der Waals surface area contributed by atoms with Gasteiger partial charge < -0.3 is 10.4 Å². The molecular formula is C13H18FNO3S. The number of aryl methyl sites for hydroxylation is 1. The van der Waals surface area contributed by atoms with Gasteiger partial charge in [0.15, 0.2) is 9.84 Å². The summed E-state index contributed by atoms with van der Waals surface area (Å²) in [5, 5.41) is 12.7. The molecule has 106 valence electrons. The third-order valence-electron chi connectivity index (χ3n) is 3.54. The molecule has 0 bridgehead atoms. The van der Waals surface area contributed by atoms with Crippen molar-refractivity contribution in [1.82, 2.24) is 0 Å². The average molecular weight is 287 g/mol. The highest BCUT2D eigenvalue weighted by atomic mass is 32.2. The number of benzene rings is 1. The summed E-state index contributed by atoms with van der Waals surface area (Å²) in [6.07, 6.45) is 0.669. The Morgan fingerprint density at radius 1 is 1.32 bits per heavy atom. The number of nitrogens with one attached hydrogen (secondary N) is 1. The lowest BCUT2D eigenvalue weighted by Gasteiger charge is -2.37. The van der Waals surface area contributed by atoms with Crippen molar-refractivity contribution in [3.63, 3.8) is 0 Å². The van der Waals surface area contributed by atoms with E-state index in [9.17, 15) is 17.9 Å². The predicted octanol–water partition coefficient (Wildman–Crippen LogP) is 1.49. The smallest absolute Gasteiger partial charge is 0.150 e.